The highest BCUT2D eigenvalue weighted by molar-refractivity contribution is 6.06. The second kappa shape index (κ2) is 12.8. The van der Waals surface area contributed by atoms with E-state index in [9.17, 15) is 24.4 Å². The van der Waals surface area contributed by atoms with Crippen molar-refractivity contribution in [3.8, 4) is 0 Å². The molecule has 0 spiro atoms. The number of rotatable bonds is 10. The molecule has 0 saturated carbocycles. The number of fused-ring (bicyclic) bond motifs is 1. The maximum absolute atomic E-state index is 13.5. The third kappa shape index (κ3) is 7.89. The molecule has 0 aliphatic rings. The smallest absolute Gasteiger partial charge is 0.302 e. The van der Waals surface area contributed by atoms with Gasteiger partial charge < -0.3 is 20.1 Å². The molecule has 0 saturated heterocycles. The average Bonchev–Trinajstić information content (AvgIpc) is 2.84. The van der Waals surface area contributed by atoms with E-state index in [1.807, 2.05) is 36.4 Å². The fraction of sp³-hybridized carbons (Fsp3) is 0.385. The van der Waals surface area contributed by atoms with Crippen LogP contribution in [0.15, 0.2) is 48.0 Å². The highest BCUT2D eigenvalue weighted by Gasteiger charge is 2.36. The van der Waals surface area contributed by atoms with Gasteiger partial charge in [-0.05, 0) is 33.9 Å². The van der Waals surface area contributed by atoms with Gasteiger partial charge in [0.05, 0.1) is 12.2 Å². The van der Waals surface area contributed by atoms with Crippen LogP contribution in [-0.4, -0.2) is 61.3 Å². The lowest BCUT2D eigenvalue weighted by Crippen LogP contribution is -2.54. The number of hydroxylamine groups is 1. The van der Waals surface area contributed by atoms with E-state index in [0.717, 1.165) is 10.8 Å². The number of amides is 3. The normalized spacial score (nSPS) is 13.4. The van der Waals surface area contributed by atoms with Gasteiger partial charge in [-0.1, -0.05) is 57.2 Å². The number of hydrogen-bond donors (Lipinski definition) is 4. The van der Waals surface area contributed by atoms with Crippen molar-refractivity contribution in [1.82, 2.24) is 16.1 Å². The SMILES string of the molecule is CNC(=O)[C@@H](NC(=O)/C(=C\c1ccc2ccccc2c1)[C@H](OCCOC(C)=O)C(=O)NO)C(C)(C)C. The molecule has 10 heteroatoms. The maximum Gasteiger partial charge on any atom is 0.302 e. The lowest BCUT2D eigenvalue weighted by molar-refractivity contribution is -0.146. The molecule has 0 unspecified atom stereocenters. The highest BCUT2D eigenvalue weighted by Crippen LogP contribution is 2.23. The summed E-state index contributed by atoms with van der Waals surface area (Å²) in [6.07, 6.45) is -0.112. The van der Waals surface area contributed by atoms with Gasteiger partial charge in [0.25, 0.3) is 11.8 Å². The molecule has 10 nitrogen and oxygen atoms in total. The van der Waals surface area contributed by atoms with Crippen LogP contribution in [0.5, 0.6) is 0 Å². The lowest BCUT2D eigenvalue weighted by atomic mass is 9.85. The van der Waals surface area contributed by atoms with E-state index in [2.05, 4.69) is 10.6 Å². The van der Waals surface area contributed by atoms with E-state index in [1.165, 1.54) is 25.5 Å². The number of hydrogen-bond acceptors (Lipinski definition) is 7. The predicted octanol–water partition coefficient (Wildman–Crippen LogP) is 1.95. The minimum absolute atomic E-state index is 0.155. The minimum atomic E-state index is -1.57. The van der Waals surface area contributed by atoms with Gasteiger partial charge in [0.2, 0.25) is 5.91 Å². The topological polar surface area (TPSA) is 143 Å². The summed E-state index contributed by atoms with van der Waals surface area (Å²) in [5.41, 5.74) is 1.29. The summed E-state index contributed by atoms with van der Waals surface area (Å²) in [4.78, 5) is 49.7. The first-order valence-electron chi connectivity index (χ1n) is 11.4. The van der Waals surface area contributed by atoms with Crippen molar-refractivity contribution < 1.29 is 33.9 Å². The molecule has 2 aromatic carbocycles. The Morgan fingerprint density at radius 2 is 1.67 bits per heavy atom. The quantitative estimate of drug-likeness (QED) is 0.129. The molecule has 36 heavy (non-hydrogen) atoms. The van der Waals surface area contributed by atoms with Crippen molar-refractivity contribution in [2.24, 2.45) is 5.41 Å². The van der Waals surface area contributed by atoms with Gasteiger partial charge >= 0.3 is 5.97 Å². The zero-order valence-corrected chi connectivity index (χ0v) is 21.1. The number of benzene rings is 2. The van der Waals surface area contributed by atoms with Crippen LogP contribution in [0, 0.1) is 5.41 Å². The molecular formula is C26H33N3O7. The van der Waals surface area contributed by atoms with Crippen LogP contribution in [0.4, 0.5) is 0 Å². The lowest BCUT2D eigenvalue weighted by Gasteiger charge is -2.31. The predicted molar refractivity (Wildman–Crippen MR) is 134 cm³/mol. The first-order valence-corrected chi connectivity index (χ1v) is 11.4. The van der Waals surface area contributed by atoms with Crippen molar-refractivity contribution >= 4 is 40.5 Å². The average molecular weight is 500 g/mol. The van der Waals surface area contributed by atoms with E-state index in [4.69, 9.17) is 9.47 Å². The van der Waals surface area contributed by atoms with E-state index in [0.29, 0.717) is 5.56 Å². The summed E-state index contributed by atoms with van der Waals surface area (Å²) in [6.45, 7) is 6.19. The van der Waals surface area contributed by atoms with Gasteiger partial charge in [0, 0.05) is 14.0 Å². The van der Waals surface area contributed by atoms with Crippen molar-refractivity contribution in [2.75, 3.05) is 20.3 Å². The molecule has 0 radical (unpaired) electrons. The van der Waals surface area contributed by atoms with Crippen LogP contribution < -0.4 is 16.1 Å². The minimum Gasteiger partial charge on any atom is -0.463 e. The van der Waals surface area contributed by atoms with E-state index < -0.39 is 41.3 Å². The van der Waals surface area contributed by atoms with Crippen molar-refractivity contribution in [1.29, 1.82) is 0 Å². The fourth-order valence-corrected chi connectivity index (χ4v) is 3.49. The summed E-state index contributed by atoms with van der Waals surface area (Å²) in [7, 11) is 1.46. The molecule has 0 fully saturated rings. The molecule has 2 aromatic rings. The third-order valence-corrected chi connectivity index (χ3v) is 5.31. The van der Waals surface area contributed by atoms with Gasteiger partial charge in [-0.3, -0.25) is 24.4 Å². The number of carbonyl (C=O) groups is 4. The van der Waals surface area contributed by atoms with Crippen molar-refractivity contribution in [3.63, 3.8) is 0 Å². The number of ether oxygens (including phenoxy) is 2. The largest absolute Gasteiger partial charge is 0.463 e. The van der Waals surface area contributed by atoms with Gasteiger partial charge in [-0.15, -0.1) is 0 Å². The number of nitrogens with one attached hydrogen (secondary N) is 3. The Hall–Kier alpha value is -3.76. The molecule has 2 rings (SSSR count). The summed E-state index contributed by atoms with van der Waals surface area (Å²) in [6, 6.07) is 12.1. The standard InChI is InChI=1S/C26H33N3O7/c1-16(30)35-12-13-36-21(24(32)29-34)20(23(31)28-22(25(33)27-5)26(2,3)4)15-17-10-11-18-8-6-7-9-19(18)14-17/h6-11,14-15,21-22,34H,12-13H2,1-5H3,(H,27,33)(H,28,31)(H,29,32)/b20-15-/t21-,22+/m0/s1. The molecule has 0 aliphatic carbocycles. The summed E-state index contributed by atoms with van der Waals surface area (Å²) >= 11 is 0. The Kier molecular flexibility index (Phi) is 10.1. The second-order valence-electron chi connectivity index (χ2n) is 9.16. The second-order valence-corrected chi connectivity index (χ2v) is 9.16. The molecule has 194 valence electrons. The molecule has 0 heterocycles. The van der Waals surface area contributed by atoms with E-state index in [-0.39, 0.29) is 18.8 Å². The number of likely N-dealkylation sites (N-methyl/N-ethyl adjacent to an activating group) is 1. The molecule has 0 bridgehead atoms. The van der Waals surface area contributed by atoms with E-state index >= 15 is 0 Å². The van der Waals surface area contributed by atoms with E-state index in [1.54, 1.807) is 26.8 Å². The number of carbonyl (C=O) groups excluding carboxylic acids is 4. The summed E-state index contributed by atoms with van der Waals surface area (Å²) < 4.78 is 10.4. The van der Waals surface area contributed by atoms with Crippen LogP contribution in [0.2, 0.25) is 0 Å². The molecule has 3 amide bonds. The highest BCUT2D eigenvalue weighted by atomic mass is 16.6. The molecular weight excluding hydrogens is 466 g/mol. The Morgan fingerprint density at radius 3 is 2.25 bits per heavy atom. The van der Waals surface area contributed by atoms with Gasteiger partial charge in [-0.25, -0.2) is 5.48 Å². The first-order chi connectivity index (χ1) is 17.0. The third-order valence-electron chi connectivity index (χ3n) is 5.31. The van der Waals surface area contributed by atoms with Crippen LogP contribution >= 0.6 is 0 Å². The van der Waals surface area contributed by atoms with Crippen LogP contribution in [0.3, 0.4) is 0 Å². The van der Waals surface area contributed by atoms with Gasteiger partial charge in [-0.2, -0.15) is 0 Å². The number of esters is 1. The van der Waals surface area contributed by atoms with Crippen LogP contribution in [0.1, 0.15) is 33.3 Å². The summed E-state index contributed by atoms with van der Waals surface area (Å²) in [5, 5.41) is 16.4. The van der Waals surface area contributed by atoms with Crippen LogP contribution in [0.25, 0.3) is 16.8 Å². The molecule has 4 N–H and O–H groups in total. The Balaban J connectivity index is 2.52. The zero-order valence-electron chi connectivity index (χ0n) is 21.1. The fourth-order valence-electron chi connectivity index (χ4n) is 3.49. The Bertz CT molecular complexity index is 1140. The first kappa shape index (κ1) is 28.5. The Morgan fingerprint density at radius 1 is 1.00 bits per heavy atom. The van der Waals surface area contributed by atoms with Crippen molar-refractivity contribution in [2.45, 2.75) is 39.8 Å². The van der Waals surface area contributed by atoms with Crippen molar-refractivity contribution in [3.05, 3.63) is 53.6 Å². The van der Waals surface area contributed by atoms with Gasteiger partial charge in [0.1, 0.15) is 12.6 Å². The van der Waals surface area contributed by atoms with Gasteiger partial charge in [0.15, 0.2) is 6.10 Å². The molecule has 0 aromatic heterocycles. The zero-order chi connectivity index (χ0) is 26.9. The summed E-state index contributed by atoms with van der Waals surface area (Å²) in [5.74, 6) is -2.70. The molecule has 0 aliphatic heterocycles. The monoisotopic (exact) mass is 499 g/mol. The molecule has 2 atom stereocenters. The van der Waals surface area contributed by atoms with Crippen LogP contribution in [-0.2, 0) is 28.7 Å². The Labute approximate surface area is 210 Å². The maximum atomic E-state index is 13.5.